The number of methoxy groups -OCH3 is 1. The highest BCUT2D eigenvalue weighted by Crippen LogP contribution is 2.25. The lowest BCUT2D eigenvalue weighted by atomic mass is 10.3. The van der Waals surface area contributed by atoms with E-state index in [0.29, 0.717) is 41.7 Å². The molecule has 0 spiro atoms. The van der Waals surface area contributed by atoms with Gasteiger partial charge >= 0.3 is 5.97 Å². The lowest BCUT2D eigenvalue weighted by molar-refractivity contribution is -0.140. The van der Waals surface area contributed by atoms with Crippen molar-refractivity contribution in [2.45, 2.75) is 12.8 Å². The van der Waals surface area contributed by atoms with Crippen molar-refractivity contribution in [1.82, 2.24) is 4.90 Å². The topological polar surface area (TPSA) is 58.6 Å². The number of amides is 1. The van der Waals surface area contributed by atoms with Gasteiger partial charge in [0.05, 0.1) is 24.2 Å². The molecule has 0 aliphatic heterocycles. The van der Waals surface area contributed by atoms with E-state index in [2.05, 4.69) is 10.1 Å². The van der Waals surface area contributed by atoms with E-state index in [1.807, 2.05) is 11.9 Å². The highest BCUT2D eigenvalue weighted by atomic mass is 35.5. The quantitative estimate of drug-likeness (QED) is 0.780. The van der Waals surface area contributed by atoms with Crippen LogP contribution in [0.1, 0.15) is 12.8 Å². The number of hydrogen-bond donors (Lipinski definition) is 1. The third-order valence-corrected chi connectivity index (χ3v) is 3.41. The average molecular weight is 333 g/mol. The molecule has 1 amide bonds. The maximum Gasteiger partial charge on any atom is 0.306 e. The highest BCUT2D eigenvalue weighted by Gasteiger charge is 2.09. The maximum atomic E-state index is 11.8. The number of carbonyl (C=O) groups excluding carboxylic acids is 2. The first-order chi connectivity index (χ1) is 9.92. The van der Waals surface area contributed by atoms with Crippen molar-refractivity contribution in [3.63, 3.8) is 0 Å². The summed E-state index contributed by atoms with van der Waals surface area (Å²) in [4.78, 5) is 24.7. The van der Waals surface area contributed by atoms with Gasteiger partial charge in [-0.25, -0.2) is 0 Å². The lowest BCUT2D eigenvalue weighted by Gasteiger charge is -2.15. The van der Waals surface area contributed by atoms with E-state index >= 15 is 0 Å². The Morgan fingerprint density at radius 1 is 1.24 bits per heavy atom. The van der Waals surface area contributed by atoms with Crippen LogP contribution in [0, 0.1) is 0 Å². The molecule has 1 aromatic carbocycles. The molecule has 1 aromatic rings. The third-order valence-electron chi connectivity index (χ3n) is 2.85. The van der Waals surface area contributed by atoms with Crippen LogP contribution in [-0.4, -0.2) is 44.0 Å². The van der Waals surface area contributed by atoms with Gasteiger partial charge in [0.2, 0.25) is 5.91 Å². The van der Waals surface area contributed by atoms with Crippen LogP contribution < -0.4 is 5.32 Å². The summed E-state index contributed by atoms with van der Waals surface area (Å²) in [5.41, 5.74) is 0.492. The van der Waals surface area contributed by atoms with Crippen LogP contribution >= 0.6 is 23.2 Å². The summed E-state index contributed by atoms with van der Waals surface area (Å²) in [6.45, 7) is 1.07. The van der Waals surface area contributed by atoms with Crippen LogP contribution in [0.15, 0.2) is 18.2 Å². The van der Waals surface area contributed by atoms with Gasteiger partial charge in [0.15, 0.2) is 0 Å². The Bertz CT molecular complexity index is 509. The Morgan fingerprint density at radius 3 is 2.57 bits per heavy atom. The number of nitrogens with zero attached hydrogens (tertiary/aromatic N) is 1. The molecular formula is C14H18Cl2N2O3. The second-order valence-electron chi connectivity index (χ2n) is 4.55. The molecule has 1 rings (SSSR count). The molecule has 0 radical (unpaired) electrons. The summed E-state index contributed by atoms with van der Waals surface area (Å²) in [7, 11) is 3.19. The van der Waals surface area contributed by atoms with Crippen LogP contribution in [0.25, 0.3) is 0 Å². The molecule has 0 fully saturated rings. The Kier molecular flexibility index (Phi) is 7.50. The number of carbonyl (C=O) groups is 2. The minimum absolute atomic E-state index is 0.163. The summed E-state index contributed by atoms with van der Waals surface area (Å²) >= 11 is 11.8. The molecule has 21 heavy (non-hydrogen) atoms. The summed E-state index contributed by atoms with van der Waals surface area (Å²) in [6, 6.07) is 4.88. The number of rotatable bonds is 7. The highest BCUT2D eigenvalue weighted by molar-refractivity contribution is 6.35. The van der Waals surface area contributed by atoms with Crippen LogP contribution in [0.5, 0.6) is 0 Å². The van der Waals surface area contributed by atoms with Gasteiger partial charge < -0.3 is 15.0 Å². The molecule has 116 valence electrons. The number of hydrogen-bond acceptors (Lipinski definition) is 4. The summed E-state index contributed by atoms with van der Waals surface area (Å²) in [5.74, 6) is -0.430. The molecule has 5 nitrogen and oxygen atoms in total. The van der Waals surface area contributed by atoms with Gasteiger partial charge in [-0.05, 0) is 25.2 Å². The molecule has 0 heterocycles. The first-order valence-electron chi connectivity index (χ1n) is 6.42. The summed E-state index contributed by atoms with van der Waals surface area (Å²) in [6.07, 6.45) is 0.593. The Hall–Kier alpha value is -1.30. The molecule has 0 saturated carbocycles. The lowest BCUT2D eigenvalue weighted by Crippen LogP contribution is -2.26. The van der Waals surface area contributed by atoms with Crippen molar-refractivity contribution >= 4 is 40.8 Å². The first kappa shape index (κ1) is 17.8. The van der Waals surface area contributed by atoms with Gasteiger partial charge in [-0.2, -0.15) is 0 Å². The van der Waals surface area contributed by atoms with Crippen LogP contribution in [0.3, 0.4) is 0 Å². The minimum atomic E-state index is -0.267. The molecule has 0 unspecified atom stereocenters. The smallest absolute Gasteiger partial charge is 0.306 e. The van der Waals surface area contributed by atoms with Gasteiger partial charge in [0, 0.05) is 24.5 Å². The minimum Gasteiger partial charge on any atom is -0.469 e. The van der Waals surface area contributed by atoms with Gasteiger partial charge in [-0.1, -0.05) is 23.2 Å². The zero-order valence-corrected chi connectivity index (χ0v) is 13.5. The van der Waals surface area contributed by atoms with E-state index in [1.165, 1.54) is 7.11 Å². The van der Waals surface area contributed by atoms with Crippen molar-refractivity contribution in [3.05, 3.63) is 28.2 Å². The van der Waals surface area contributed by atoms with E-state index in [9.17, 15) is 9.59 Å². The summed E-state index contributed by atoms with van der Waals surface area (Å²) < 4.78 is 4.56. The van der Waals surface area contributed by atoms with E-state index in [4.69, 9.17) is 23.2 Å². The third kappa shape index (κ3) is 6.80. The molecule has 0 bridgehead atoms. The van der Waals surface area contributed by atoms with Crippen LogP contribution in [0.4, 0.5) is 5.69 Å². The predicted octanol–water partition coefficient (Wildman–Crippen LogP) is 2.82. The van der Waals surface area contributed by atoms with Gasteiger partial charge in [-0.15, -0.1) is 0 Å². The fraction of sp³-hybridized carbons (Fsp3) is 0.429. The number of nitrogens with one attached hydrogen (secondary N) is 1. The molecule has 0 aromatic heterocycles. The molecule has 7 heteroatoms. The van der Waals surface area contributed by atoms with Crippen molar-refractivity contribution in [3.8, 4) is 0 Å². The standard InChI is InChI=1S/C14H18Cl2N2O3/c1-18(8-6-14(20)21-2)7-5-13(19)17-12-9-10(15)3-4-11(12)16/h3-4,9H,5-8H2,1-2H3,(H,17,19). The van der Waals surface area contributed by atoms with Crippen molar-refractivity contribution < 1.29 is 14.3 Å². The second kappa shape index (κ2) is 8.87. The molecule has 0 aliphatic carbocycles. The largest absolute Gasteiger partial charge is 0.469 e. The van der Waals surface area contributed by atoms with E-state index in [-0.39, 0.29) is 11.9 Å². The Morgan fingerprint density at radius 2 is 1.90 bits per heavy atom. The van der Waals surface area contributed by atoms with E-state index in [1.54, 1.807) is 18.2 Å². The van der Waals surface area contributed by atoms with Crippen LogP contribution in [0.2, 0.25) is 10.0 Å². The second-order valence-corrected chi connectivity index (χ2v) is 5.40. The Balaban J connectivity index is 2.37. The van der Waals surface area contributed by atoms with Gasteiger partial charge in [-0.3, -0.25) is 9.59 Å². The molecule has 1 N–H and O–H groups in total. The normalized spacial score (nSPS) is 10.5. The number of ether oxygens (including phenoxy) is 1. The van der Waals surface area contributed by atoms with E-state index in [0.717, 1.165) is 0 Å². The van der Waals surface area contributed by atoms with Crippen molar-refractivity contribution in [2.24, 2.45) is 0 Å². The molecule has 0 atom stereocenters. The fourth-order valence-electron chi connectivity index (χ4n) is 1.59. The number of anilines is 1. The predicted molar refractivity (Wildman–Crippen MR) is 83.8 cm³/mol. The molecule has 0 aliphatic rings. The van der Waals surface area contributed by atoms with Gasteiger partial charge in [0.25, 0.3) is 0 Å². The first-order valence-corrected chi connectivity index (χ1v) is 7.18. The monoisotopic (exact) mass is 332 g/mol. The molecular weight excluding hydrogens is 315 g/mol. The maximum absolute atomic E-state index is 11.8. The zero-order valence-electron chi connectivity index (χ0n) is 12.0. The van der Waals surface area contributed by atoms with Crippen molar-refractivity contribution in [1.29, 1.82) is 0 Å². The Labute approximate surface area is 134 Å². The SMILES string of the molecule is COC(=O)CCN(C)CCC(=O)Nc1cc(Cl)ccc1Cl. The average Bonchev–Trinajstić information content (AvgIpc) is 2.46. The number of halogens is 2. The van der Waals surface area contributed by atoms with Crippen LogP contribution in [-0.2, 0) is 14.3 Å². The fourth-order valence-corrected chi connectivity index (χ4v) is 1.93. The van der Waals surface area contributed by atoms with Crippen molar-refractivity contribution in [2.75, 3.05) is 32.6 Å². The summed E-state index contributed by atoms with van der Waals surface area (Å²) in [5, 5.41) is 3.65. The van der Waals surface area contributed by atoms with Gasteiger partial charge in [0.1, 0.15) is 0 Å². The van der Waals surface area contributed by atoms with E-state index < -0.39 is 0 Å². The number of esters is 1. The zero-order chi connectivity index (χ0) is 15.8. The molecule has 0 saturated heterocycles. The number of benzene rings is 1.